The SMILES string of the molecule is Cc1ccc(-c2cc3ccccc3oc2=O)cc1NC(=S)NC(=O)/C=C/c1ccc(-c2ccc(Cl)cc2)o1. The van der Waals surface area contributed by atoms with E-state index in [0.717, 1.165) is 16.5 Å². The number of hydrogen-bond donors (Lipinski definition) is 2. The molecule has 2 N–H and O–H groups in total. The molecule has 38 heavy (non-hydrogen) atoms. The second-order valence-electron chi connectivity index (χ2n) is 8.50. The Balaban J connectivity index is 1.26. The van der Waals surface area contributed by atoms with Gasteiger partial charge in [0, 0.05) is 27.7 Å². The molecule has 188 valence electrons. The number of rotatable bonds is 5. The van der Waals surface area contributed by atoms with Crippen molar-refractivity contribution in [1.29, 1.82) is 0 Å². The van der Waals surface area contributed by atoms with Crippen molar-refractivity contribution in [3.05, 3.63) is 118 Å². The maximum Gasteiger partial charge on any atom is 0.344 e. The fourth-order valence-corrected chi connectivity index (χ4v) is 4.20. The molecule has 0 bridgehead atoms. The van der Waals surface area contributed by atoms with Crippen LogP contribution in [0.2, 0.25) is 5.02 Å². The zero-order valence-corrected chi connectivity index (χ0v) is 21.7. The molecule has 0 fully saturated rings. The first-order valence-electron chi connectivity index (χ1n) is 11.7. The van der Waals surface area contributed by atoms with Gasteiger partial charge < -0.3 is 14.2 Å². The van der Waals surface area contributed by atoms with Crippen LogP contribution in [0.15, 0.2) is 105 Å². The summed E-state index contributed by atoms with van der Waals surface area (Å²) in [6, 6.07) is 25.5. The van der Waals surface area contributed by atoms with Crippen molar-refractivity contribution in [2.45, 2.75) is 6.92 Å². The predicted octanol–water partition coefficient (Wildman–Crippen LogP) is 7.21. The molecule has 0 spiro atoms. The summed E-state index contributed by atoms with van der Waals surface area (Å²) in [7, 11) is 0. The molecular weight excluding hydrogens is 520 g/mol. The van der Waals surface area contributed by atoms with E-state index in [1.165, 1.54) is 6.08 Å². The Kier molecular flexibility index (Phi) is 7.22. The highest BCUT2D eigenvalue weighted by Crippen LogP contribution is 2.26. The Labute approximate surface area is 228 Å². The van der Waals surface area contributed by atoms with Crippen molar-refractivity contribution in [1.82, 2.24) is 5.32 Å². The zero-order chi connectivity index (χ0) is 26.6. The van der Waals surface area contributed by atoms with Crippen LogP contribution in [0.5, 0.6) is 0 Å². The molecule has 1 amide bonds. The first-order valence-corrected chi connectivity index (χ1v) is 12.4. The molecule has 2 heterocycles. The molecule has 0 aliphatic carbocycles. The molecule has 0 saturated heterocycles. The van der Waals surface area contributed by atoms with E-state index in [9.17, 15) is 9.59 Å². The molecular formula is C30H21ClN2O4S. The summed E-state index contributed by atoms with van der Waals surface area (Å²) < 4.78 is 11.2. The van der Waals surface area contributed by atoms with Gasteiger partial charge in [0.25, 0.3) is 0 Å². The van der Waals surface area contributed by atoms with E-state index in [1.807, 2.05) is 55.5 Å². The largest absolute Gasteiger partial charge is 0.457 e. The van der Waals surface area contributed by atoms with E-state index >= 15 is 0 Å². The lowest BCUT2D eigenvalue weighted by atomic mass is 10.0. The minimum Gasteiger partial charge on any atom is -0.457 e. The molecule has 2 aromatic heterocycles. The third-order valence-electron chi connectivity index (χ3n) is 5.83. The van der Waals surface area contributed by atoms with E-state index in [4.69, 9.17) is 32.7 Å². The van der Waals surface area contributed by atoms with E-state index in [2.05, 4.69) is 10.6 Å². The maximum atomic E-state index is 12.6. The second kappa shape index (κ2) is 10.9. The summed E-state index contributed by atoms with van der Waals surface area (Å²) in [4.78, 5) is 25.0. The number of thiocarbonyl (C=S) groups is 1. The summed E-state index contributed by atoms with van der Waals surface area (Å²) in [5, 5.41) is 7.24. The van der Waals surface area contributed by atoms with E-state index in [1.54, 1.807) is 42.5 Å². The van der Waals surface area contributed by atoms with Crippen LogP contribution in [-0.2, 0) is 4.79 Å². The summed E-state index contributed by atoms with van der Waals surface area (Å²) in [6.45, 7) is 1.90. The molecule has 0 saturated carbocycles. The summed E-state index contributed by atoms with van der Waals surface area (Å²) in [5.41, 5.74) is 3.61. The van der Waals surface area contributed by atoms with Gasteiger partial charge in [0.05, 0.1) is 5.56 Å². The number of carbonyl (C=O) groups excluding carboxylic acids is 1. The van der Waals surface area contributed by atoms with E-state index in [-0.39, 0.29) is 5.11 Å². The number of para-hydroxylation sites is 1. The molecule has 8 heteroatoms. The van der Waals surface area contributed by atoms with Crippen LogP contribution in [0.25, 0.3) is 39.5 Å². The Morgan fingerprint density at radius 1 is 0.921 bits per heavy atom. The minimum absolute atomic E-state index is 0.117. The average molecular weight is 541 g/mol. The lowest BCUT2D eigenvalue weighted by molar-refractivity contribution is -0.115. The second-order valence-corrected chi connectivity index (χ2v) is 9.35. The monoisotopic (exact) mass is 540 g/mol. The molecule has 0 unspecified atom stereocenters. The molecule has 3 aromatic carbocycles. The number of carbonyl (C=O) groups is 1. The fraction of sp³-hybridized carbons (Fsp3) is 0.0333. The molecule has 0 aliphatic heterocycles. The normalized spacial score (nSPS) is 11.1. The van der Waals surface area contributed by atoms with Crippen LogP contribution in [0.4, 0.5) is 5.69 Å². The van der Waals surface area contributed by atoms with Gasteiger partial charge in [-0.25, -0.2) is 4.79 Å². The quantitative estimate of drug-likeness (QED) is 0.139. The number of hydrogen-bond acceptors (Lipinski definition) is 5. The van der Waals surface area contributed by atoms with Gasteiger partial charge in [-0.05, 0) is 90.9 Å². The van der Waals surface area contributed by atoms with Crippen LogP contribution in [-0.4, -0.2) is 11.0 Å². The highest BCUT2D eigenvalue weighted by molar-refractivity contribution is 7.80. The molecule has 0 atom stereocenters. The van der Waals surface area contributed by atoms with Crippen molar-refractivity contribution < 1.29 is 13.6 Å². The van der Waals surface area contributed by atoms with Crippen molar-refractivity contribution in [2.24, 2.45) is 0 Å². The fourth-order valence-electron chi connectivity index (χ4n) is 3.86. The smallest absolute Gasteiger partial charge is 0.344 e. The van der Waals surface area contributed by atoms with E-state index < -0.39 is 11.5 Å². The number of aryl methyl sites for hydroxylation is 1. The van der Waals surface area contributed by atoms with Crippen molar-refractivity contribution in [2.75, 3.05) is 5.32 Å². The van der Waals surface area contributed by atoms with E-state index in [0.29, 0.717) is 38.9 Å². The highest BCUT2D eigenvalue weighted by Gasteiger charge is 2.11. The van der Waals surface area contributed by atoms with Crippen molar-refractivity contribution in [3.63, 3.8) is 0 Å². The Hall–Kier alpha value is -4.46. The third-order valence-corrected chi connectivity index (χ3v) is 6.29. The first kappa shape index (κ1) is 25.2. The number of benzene rings is 3. The van der Waals surface area contributed by atoms with Gasteiger partial charge in [-0.3, -0.25) is 10.1 Å². The molecule has 6 nitrogen and oxygen atoms in total. The topological polar surface area (TPSA) is 84.5 Å². The number of anilines is 1. The maximum absolute atomic E-state index is 12.6. The highest BCUT2D eigenvalue weighted by atomic mass is 35.5. The number of fused-ring (bicyclic) bond motifs is 1. The Morgan fingerprint density at radius 2 is 1.68 bits per heavy atom. The molecule has 5 rings (SSSR count). The van der Waals surface area contributed by atoms with Gasteiger partial charge >= 0.3 is 5.63 Å². The number of furan rings is 1. The number of nitrogens with one attached hydrogen (secondary N) is 2. The summed E-state index contributed by atoms with van der Waals surface area (Å²) >= 11 is 11.3. The van der Waals surface area contributed by atoms with Crippen molar-refractivity contribution >= 4 is 57.6 Å². The minimum atomic E-state index is -0.434. The average Bonchev–Trinajstić information content (AvgIpc) is 3.38. The number of amides is 1. The van der Waals surface area contributed by atoms with Crippen molar-refractivity contribution in [3.8, 4) is 22.5 Å². The summed E-state index contributed by atoms with van der Waals surface area (Å²) in [6.07, 6.45) is 2.89. The van der Waals surface area contributed by atoms with Gasteiger partial charge in [0.15, 0.2) is 5.11 Å². The standard InChI is InChI=1S/C30H21ClN2O4S/c1-18-6-7-20(24-16-21-4-2-3-5-26(21)37-29(24)35)17-25(18)32-30(38)33-28(34)15-13-23-12-14-27(36-23)19-8-10-22(31)11-9-19/h2-17H,1H3,(H2,32,33,34,38)/b15-13+. The van der Waals surface area contributed by atoms with Crippen LogP contribution in [0.1, 0.15) is 11.3 Å². The van der Waals surface area contributed by atoms with Crippen LogP contribution in [0.3, 0.4) is 0 Å². The van der Waals surface area contributed by atoms with Gasteiger partial charge in [-0.15, -0.1) is 0 Å². The number of halogens is 1. The first-order chi connectivity index (χ1) is 18.4. The van der Waals surface area contributed by atoms with Crippen LogP contribution < -0.4 is 16.3 Å². The lowest BCUT2D eigenvalue weighted by Crippen LogP contribution is -2.33. The van der Waals surface area contributed by atoms with Gasteiger partial charge in [-0.2, -0.15) is 0 Å². The van der Waals surface area contributed by atoms with Gasteiger partial charge in [0.2, 0.25) is 5.91 Å². The van der Waals surface area contributed by atoms with Gasteiger partial charge in [0.1, 0.15) is 17.1 Å². The van der Waals surface area contributed by atoms with Crippen LogP contribution >= 0.6 is 23.8 Å². The third kappa shape index (κ3) is 5.75. The molecule has 0 radical (unpaired) electrons. The Bertz CT molecular complexity index is 1750. The lowest BCUT2D eigenvalue weighted by Gasteiger charge is -2.12. The molecule has 0 aliphatic rings. The Morgan fingerprint density at radius 3 is 2.50 bits per heavy atom. The van der Waals surface area contributed by atoms with Gasteiger partial charge in [-0.1, -0.05) is 41.9 Å². The summed E-state index contributed by atoms with van der Waals surface area (Å²) in [5.74, 6) is 0.757. The molecule has 5 aromatic rings. The zero-order valence-electron chi connectivity index (χ0n) is 20.2. The predicted molar refractivity (Wildman–Crippen MR) is 155 cm³/mol. The van der Waals surface area contributed by atoms with Crippen LogP contribution in [0, 0.1) is 6.92 Å².